The van der Waals surface area contributed by atoms with Gasteiger partial charge in [0.2, 0.25) is 0 Å². The summed E-state index contributed by atoms with van der Waals surface area (Å²) in [5, 5.41) is 3.48. The zero-order chi connectivity index (χ0) is 15.4. The molecule has 2 heterocycles. The molecule has 0 aliphatic heterocycles. The lowest BCUT2D eigenvalue weighted by molar-refractivity contribution is 0.102. The number of unbranched alkanes of at least 4 members (excludes halogenated alkanes) is 1. The summed E-state index contributed by atoms with van der Waals surface area (Å²) in [5.74, 6) is -0.160. The van der Waals surface area contributed by atoms with Gasteiger partial charge in [0, 0.05) is 18.0 Å². The van der Waals surface area contributed by atoms with E-state index in [4.69, 9.17) is 0 Å². The van der Waals surface area contributed by atoms with Crippen molar-refractivity contribution in [3.05, 3.63) is 53.9 Å². The first kappa shape index (κ1) is 14.7. The van der Waals surface area contributed by atoms with Gasteiger partial charge < -0.3 is 0 Å². The third kappa shape index (κ3) is 3.31. The van der Waals surface area contributed by atoms with Crippen molar-refractivity contribution in [1.29, 1.82) is 0 Å². The highest BCUT2D eigenvalue weighted by atomic mass is 32.1. The van der Waals surface area contributed by atoms with Crippen molar-refractivity contribution in [2.75, 3.05) is 5.32 Å². The molecule has 0 fully saturated rings. The van der Waals surface area contributed by atoms with Gasteiger partial charge in [-0.05, 0) is 42.7 Å². The van der Waals surface area contributed by atoms with Gasteiger partial charge in [-0.3, -0.25) is 15.1 Å². The Labute approximate surface area is 133 Å². The number of hydrogen-bond donors (Lipinski definition) is 1. The molecule has 112 valence electrons. The third-order valence-corrected chi connectivity index (χ3v) is 4.37. The second-order valence-electron chi connectivity index (χ2n) is 5.11. The van der Waals surface area contributed by atoms with Crippen molar-refractivity contribution in [3.8, 4) is 0 Å². The molecule has 0 aliphatic carbocycles. The number of amides is 1. The van der Waals surface area contributed by atoms with Gasteiger partial charge in [0.25, 0.3) is 5.91 Å². The number of anilines is 1. The maximum absolute atomic E-state index is 12.1. The van der Waals surface area contributed by atoms with Crippen LogP contribution in [0.2, 0.25) is 0 Å². The molecule has 0 bridgehead atoms. The van der Waals surface area contributed by atoms with Crippen LogP contribution in [0.15, 0.2) is 42.7 Å². The molecular weight excluding hydrogens is 294 g/mol. The number of aryl methyl sites for hydroxylation is 1. The van der Waals surface area contributed by atoms with Crippen LogP contribution in [0.3, 0.4) is 0 Å². The van der Waals surface area contributed by atoms with Crippen molar-refractivity contribution < 1.29 is 4.79 Å². The number of rotatable bonds is 5. The highest BCUT2D eigenvalue weighted by Crippen LogP contribution is 2.27. The van der Waals surface area contributed by atoms with E-state index < -0.39 is 0 Å². The van der Waals surface area contributed by atoms with Crippen molar-refractivity contribution in [2.24, 2.45) is 0 Å². The second kappa shape index (κ2) is 6.66. The summed E-state index contributed by atoms with van der Waals surface area (Å²) in [6.45, 7) is 2.19. The third-order valence-electron chi connectivity index (χ3n) is 3.43. The summed E-state index contributed by atoms with van der Waals surface area (Å²) in [5.41, 5.74) is 2.83. The Bertz CT molecular complexity index is 783. The largest absolute Gasteiger partial charge is 0.298 e. The molecule has 1 N–H and O–H groups in total. The number of aromatic nitrogens is 2. The zero-order valence-electron chi connectivity index (χ0n) is 12.4. The Balaban J connectivity index is 1.78. The minimum absolute atomic E-state index is 0.160. The van der Waals surface area contributed by atoms with E-state index in [0.29, 0.717) is 10.7 Å². The average molecular weight is 311 g/mol. The smallest absolute Gasteiger partial charge is 0.257 e. The number of carbonyl (C=O) groups excluding carboxylic acids is 1. The van der Waals surface area contributed by atoms with E-state index in [1.165, 1.54) is 29.7 Å². The van der Waals surface area contributed by atoms with E-state index in [1.54, 1.807) is 24.5 Å². The number of pyridine rings is 1. The van der Waals surface area contributed by atoms with Gasteiger partial charge in [-0.25, -0.2) is 4.98 Å². The standard InChI is InChI=1S/C17H17N3OS/c1-2-3-4-12-5-6-14-15(11-12)22-17(19-14)20-16(21)13-7-9-18-10-8-13/h5-11H,2-4H2,1H3,(H,19,20,21). The molecule has 0 radical (unpaired) electrons. The molecule has 5 heteroatoms. The van der Waals surface area contributed by atoms with E-state index in [2.05, 4.69) is 34.3 Å². The van der Waals surface area contributed by atoms with Crippen LogP contribution in [0.25, 0.3) is 10.2 Å². The Morgan fingerprint density at radius 3 is 2.82 bits per heavy atom. The highest BCUT2D eigenvalue weighted by Gasteiger charge is 2.10. The minimum Gasteiger partial charge on any atom is -0.298 e. The molecule has 22 heavy (non-hydrogen) atoms. The van der Waals surface area contributed by atoms with E-state index in [1.807, 2.05) is 6.07 Å². The molecule has 1 aromatic carbocycles. The molecule has 0 saturated heterocycles. The SMILES string of the molecule is CCCCc1ccc2nc(NC(=O)c3ccncc3)sc2c1. The van der Waals surface area contributed by atoms with Crippen LogP contribution in [0.4, 0.5) is 5.13 Å². The Morgan fingerprint density at radius 1 is 1.23 bits per heavy atom. The maximum Gasteiger partial charge on any atom is 0.257 e. The van der Waals surface area contributed by atoms with Gasteiger partial charge in [-0.15, -0.1) is 0 Å². The fourth-order valence-electron chi connectivity index (χ4n) is 2.23. The van der Waals surface area contributed by atoms with Crippen molar-refractivity contribution >= 4 is 32.6 Å². The van der Waals surface area contributed by atoms with Crippen LogP contribution in [0.5, 0.6) is 0 Å². The fourth-order valence-corrected chi connectivity index (χ4v) is 3.16. The average Bonchev–Trinajstić information content (AvgIpc) is 2.95. The Morgan fingerprint density at radius 2 is 2.05 bits per heavy atom. The van der Waals surface area contributed by atoms with Crippen LogP contribution in [0, 0.1) is 0 Å². The minimum atomic E-state index is -0.160. The van der Waals surface area contributed by atoms with Crippen LogP contribution < -0.4 is 5.32 Å². The molecule has 1 amide bonds. The quantitative estimate of drug-likeness (QED) is 0.765. The molecular formula is C17H17N3OS. The lowest BCUT2D eigenvalue weighted by Crippen LogP contribution is -2.11. The van der Waals surface area contributed by atoms with Gasteiger partial charge in [0.05, 0.1) is 10.2 Å². The summed E-state index contributed by atoms with van der Waals surface area (Å²) in [7, 11) is 0. The number of nitrogens with one attached hydrogen (secondary N) is 1. The fraction of sp³-hybridized carbons (Fsp3) is 0.235. The molecule has 4 nitrogen and oxygen atoms in total. The Kier molecular flexibility index (Phi) is 4.44. The number of benzene rings is 1. The normalized spacial score (nSPS) is 10.8. The molecule has 0 atom stereocenters. The number of hydrogen-bond acceptors (Lipinski definition) is 4. The predicted molar refractivity (Wildman–Crippen MR) is 90.4 cm³/mol. The molecule has 3 aromatic rings. The molecule has 2 aromatic heterocycles. The van der Waals surface area contributed by atoms with E-state index >= 15 is 0 Å². The molecule has 0 spiro atoms. The van der Waals surface area contributed by atoms with E-state index in [-0.39, 0.29) is 5.91 Å². The van der Waals surface area contributed by atoms with Gasteiger partial charge in [0.15, 0.2) is 5.13 Å². The maximum atomic E-state index is 12.1. The zero-order valence-corrected chi connectivity index (χ0v) is 13.2. The van der Waals surface area contributed by atoms with Gasteiger partial charge >= 0.3 is 0 Å². The van der Waals surface area contributed by atoms with Crippen molar-refractivity contribution in [1.82, 2.24) is 9.97 Å². The van der Waals surface area contributed by atoms with Gasteiger partial charge in [-0.1, -0.05) is 30.7 Å². The Hall–Kier alpha value is -2.27. The highest BCUT2D eigenvalue weighted by molar-refractivity contribution is 7.22. The number of fused-ring (bicyclic) bond motifs is 1. The summed E-state index contributed by atoms with van der Waals surface area (Å²) in [6.07, 6.45) is 6.67. The number of carbonyl (C=O) groups is 1. The predicted octanol–water partition coefficient (Wildman–Crippen LogP) is 4.29. The van der Waals surface area contributed by atoms with Crippen LogP contribution >= 0.6 is 11.3 Å². The lowest BCUT2D eigenvalue weighted by atomic mass is 10.1. The topological polar surface area (TPSA) is 54.9 Å². The van der Waals surface area contributed by atoms with Crippen LogP contribution in [-0.4, -0.2) is 15.9 Å². The summed E-state index contributed by atoms with van der Waals surface area (Å²) in [6, 6.07) is 9.69. The second-order valence-corrected chi connectivity index (χ2v) is 6.15. The number of thiazole rings is 1. The lowest BCUT2D eigenvalue weighted by Gasteiger charge is -1.99. The monoisotopic (exact) mass is 311 g/mol. The van der Waals surface area contributed by atoms with Crippen molar-refractivity contribution in [2.45, 2.75) is 26.2 Å². The molecule has 3 rings (SSSR count). The van der Waals surface area contributed by atoms with Crippen LogP contribution in [0.1, 0.15) is 35.7 Å². The van der Waals surface area contributed by atoms with E-state index in [9.17, 15) is 4.79 Å². The first-order valence-electron chi connectivity index (χ1n) is 7.37. The summed E-state index contributed by atoms with van der Waals surface area (Å²) in [4.78, 5) is 20.5. The van der Waals surface area contributed by atoms with E-state index in [0.717, 1.165) is 16.6 Å². The first-order chi connectivity index (χ1) is 10.8. The summed E-state index contributed by atoms with van der Waals surface area (Å²) < 4.78 is 1.11. The van der Waals surface area contributed by atoms with Gasteiger partial charge in [0.1, 0.15) is 0 Å². The first-order valence-corrected chi connectivity index (χ1v) is 8.19. The van der Waals surface area contributed by atoms with Gasteiger partial charge in [-0.2, -0.15) is 0 Å². The van der Waals surface area contributed by atoms with Crippen LogP contribution in [-0.2, 0) is 6.42 Å². The van der Waals surface area contributed by atoms with Crippen molar-refractivity contribution in [3.63, 3.8) is 0 Å². The number of nitrogens with zero attached hydrogens (tertiary/aromatic N) is 2. The molecule has 0 saturated carbocycles. The summed E-state index contributed by atoms with van der Waals surface area (Å²) >= 11 is 1.51. The molecule has 0 aliphatic rings. The molecule has 0 unspecified atom stereocenters.